The molecule has 1 fully saturated rings. The Bertz CT molecular complexity index is 334. The van der Waals surface area contributed by atoms with Gasteiger partial charge in [0.25, 0.3) is 0 Å². The molecule has 0 aromatic carbocycles. The van der Waals surface area contributed by atoms with Crippen molar-refractivity contribution in [3.05, 3.63) is 0 Å². The molecule has 1 rings (SSSR count). The number of hydrogen-bond donors (Lipinski definition) is 1. The Morgan fingerprint density at radius 2 is 1.25 bits per heavy atom. The van der Waals surface area contributed by atoms with Crippen LogP contribution in [0.1, 0.15) is 46.5 Å². The Kier molecular flexibility index (Phi) is 16.9. The third kappa shape index (κ3) is 12.0. The molecule has 1 unspecified atom stereocenters. The number of nitrogens with two attached hydrogens (primary N) is 1. The number of hydrogen-bond acceptors (Lipinski definition) is 8. The minimum Gasteiger partial charge on any atom is -0.377 e. The molecule has 1 aliphatic rings. The van der Waals surface area contributed by atoms with Crippen LogP contribution < -0.4 is 5.73 Å². The molecule has 0 radical (unpaired) electrons. The minimum atomic E-state index is -2.40. The van der Waals surface area contributed by atoms with E-state index in [0.717, 1.165) is 44.4 Å². The molecule has 10 heteroatoms. The Balaban J connectivity index is 0.000000521. The van der Waals surface area contributed by atoms with Gasteiger partial charge in [0, 0.05) is 53.2 Å². The Labute approximate surface area is 174 Å². The summed E-state index contributed by atoms with van der Waals surface area (Å²) in [5.41, 5.74) is 5.48. The highest BCUT2D eigenvalue weighted by Crippen LogP contribution is 2.21. The van der Waals surface area contributed by atoms with Crippen molar-refractivity contribution >= 4 is 17.6 Å². The first-order valence-corrected chi connectivity index (χ1v) is 14.3. The molecule has 1 aliphatic heterocycles. The smallest absolute Gasteiger partial charge is 0.377 e. The standard InChI is InChI=1S/C9H23NO3Si.C9H20O4Si/c1-4-11-14(12-5-2,13-6-3)9-7-8-10;1-10-14(11-2,12-3)7-5-4-6-9-8-13-9/h4-10H2,1-3H3;9H,4-8H2,1-3H3. The second-order valence-corrected chi connectivity index (χ2v) is 12.2. The lowest BCUT2D eigenvalue weighted by molar-refractivity contribution is 0.0710. The maximum atomic E-state index is 5.65. The SMILES string of the molecule is CCO[Si](CCCN)(OCC)OCC.CO[Si](CCCCC1CO1)(OC)OC. The molecule has 1 heterocycles. The van der Waals surface area contributed by atoms with Gasteiger partial charge >= 0.3 is 17.6 Å². The molecule has 8 nitrogen and oxygen atoms in total. The van der Waals surface area contributed by atoms with Crippen molar-refractivity contribution in [2.45, 2.75) is 64.6 Å². The fourth-order valence-corrected chi connectivity index (χ4v) is 7.26. The average molecular weight is 442 g/mol. The predicted octanol–water partition coefficient (Wildman–Crippen LogP) is 2.82. The van der Waals surface area contributed by atoms with Crippen LogP contribution in [0.3, 0.4) is 0 Å². The van der Waals surface area contributed by atoms with E-state index in [1.807, 2.05) is 20.8 Å². The molecule has 0 saturated carbocycles. The summed E-state index contributed by atoms with van der Waals surface area (Å²) in [6.07, 6.45) is 4.82. The predicted molar refractivity (Wildman–Crippen MR) is 114 cm³/mol. The molecule has 0 spiro atoms. The summed E-state index contributed by atoms with van der Waals surface area (Å²) < 4.78 is 38.1. The minimum absolute atomic E-state index is 0.527. The van der Waals surface area contributed by atoms with Crippen LogP contribution in [0, 0.1) is 0 Å². The van der Waals surface area contributed by atoms with E-state index < -0.39 is 17.6 Å². The van der Waals surface area contributed by atoms with Crippen molar-refractivity contribution in [1.82, 2.24) is 0 Å². The number of epoxide rings is 1. The second-order valence-electron chi connectivity index (χ2n) is 6.37. The third-order valence-corrected chi connectivity index (χ3v) is 10.4. The summed E-state index contributed by atoms with van der Waals surface area (Å²) in [5, 5.41) is 0. The highest BCUT2D eigenvalue weighted by atomic mass is 28.4. The van der Waals surface area contributed by atoms with Gasteiger partial charge in [-0.15, -0.1) is 0 Å². The molecule has 170 valence electrons. The van der Waals surface area contributed by atoms with Crippen molar-refractivity contribution in [2.75, 3.05) is 54.3 Å². The molecule has 28 heavy (non-hydrogen) atoms. The van der Waals surface area contributed by atoms with Gasteiger partial charge in [-0.05, 0) is 46.6 Å². The number of unbranched alkanes of at least 4 members (excludes halogenated alkanes) is 1. The lowest BCUT2D eigenvalue weighted by Gasteiger charge is -2.28. The quantitative estimate of drug-likeness (QED) is 0.209. The van der Waals surface area contributed by atoms with Crippen LogP contribution in [-0.2, 0) is 31.3 Å². The van der Waals surface area contributed by atoms with Gasteiger partial charge in [0.05, 0.1) is 12.7 Å². The van der Waals surface area contributed by atoms with E-state index in [9.17, 15) is 0 Å². The van der Waals surface area contributed by atoms with Gasteiger partial charge in [-0.3, -0.25) is 0 Å². The van der Waals surface area contributed by atoms with Crippen LogP contribution in [0.25, 0.3) is 0 Å². The molecular formula is C18H43NO7Si2. The fraction of sp³-hybridized carbons (Fsp3) is 1.00. The normalized spacial score (nSPS) is 16.6. The summed E-state index contributed by atoms with van der Waals surface area (Å²) in [6.45, 7) is 9.39. The third-order valence-electron chi connectivity index (χ3n) is 4.37. The van der Waals surface area contributed by atoms with Crippen LogP contribution in [0.5, 0.6) is 0 Å². The molecule has 0 aromatic heterocycles. The van der Waals surface area contributed by atoms with E-state index >= 15 is 0 Å². The monoisotopic (exact) mass is 441 g/mol. The lowest BCUT2D eigenvalue weighted by Crippen LogP contribution is -2.46. The molecule has 2 N–H and O–H groups in total. The van der Waals surface area contributed by atoms with Crippen LogP contribution in [0.4, 0.5) is 0 Å². The molecule has 0 aliphatic carbocycles. The van der Waals surface area contributed by atoms with E-state index in [4.69, 9.17) is 37.0 Å². The molecule has 1 atom stereocenters. The van der Waals surface area contributed by atoms with Crippen molar-refractivity contribution in [3.63, 3.8) is 0 Å². The first-order chi connectivity index (χ1) is 13.5. The lowest BCUT2D eigenvalue weighted by atomic mass is 10.2. The summed E-state index contributed by atoms with van der Waals surface area (Å²) in [5.74, 6) is 0. The zero-order valence-electron chi connectivity index (χ0n) is 18.8. The van der Waals surface area contributed by atoms with Gasteiger partial charge in [0.1, 0.15) is 0 Å². The van der Waals surface area contributed by atoms with E-state index in [0.29, 0.717) is 32.5 Å². The van der Waals surface area contributed by atoms with Gasteiger partial charge < -0.3 is 37.0 Å². The molecule has 1 saturated heterocycles. The number of ether oxygens (including phenoxy) is 1. The van der Waals surface area contributed by atoms with Crippen LogP contribution in [0.15, 0.2) is 0 Å². The topological polar surface area (TPSA) is 93.9 Å². The summed E-state index contributed by atoms with van der Waals surface area (Å²) >= 11 is 0. The summed E-state index contributed by atoms with van der Waals surface area (Å²) in [6, 6.07) is 1.71. The van der Waals surface area contributed by atoms with Gasteiger partial charge in [-0.25, -0.2) is 0 Å². The van der Waals surface area contributed by atoms with E-state index in [-0.39, 0.29) is 0 Å². The van der Waals surface area contributed by atoms with Crippen LogP contribution in [0.2, 0.25) is 12.1 Å². The maximum absolute atomic E-state index is 5.65. The van der Waals surface area contributed by atoms with Crippen molar-refractivity contribution in [3.8, 4) is 0 Å². The van der Waals surface area contributed by atoms with E-state index in [1.165, 1.54) is 0 Å². The first kappa shape index (κ1) is 28.1. The Morgan fingerprint density at radius 3 is 1.61 bits per heavy atom. The largest absolute Gasteiger partial charge is 0.500 e. The van der Waals surface area contributed by atoms with Gasteiger partial charge in [0.2, 0.25) is 0 Å². The van der Waals surface area contributed by atoms with Gasteiger partial charge in [-0.1, -0.05) is 6.42 Å². The molecule has 0 amide bonds. The zero-order valence-corrected chi connectivity index (χ0v) is 20.8. The molecule has 0 aromatic rings. The molecule has 0 bridgehead atoms. The van der Waals surface area contributed by atoms with Gasteiger partial charge in [0.15, 0.2) is 0 Å². The average Bonchev–Trinajstić information content (AvgIpc) is 3.53. The van der Waals surface area contributed by atoms with Gasteiger partial charge in [-0.2, -0.15) is 0 Å². The highest BCUT2D eigenvalue weighted by Gasteiger charge is 2.39. The molecular weight excluding hydrogens is 398 g/mol. The zero-order chi connectivity index (χ0) is 21.3. The van der Waals surface area contributed by atoms with Crippen molar-refractivity contribution in [1.29, 1.82) is 0 Å². The van der Waals surface area contributed by atoms with E-state index in [1.54, 1.807) is 21.3 Å². The van der Waals surface area contributed by atoms with Crippen molar-refractivity contribution < 1.29 is 31.3 Å². The van der Waals surface area contributed by atoms with E-state index in [2.05, 4.69) is 0 Å². The summed E-state index contributed by atoms with van der Waals surface area (Å²) in [4.78, 5) is 0. The van der Waals surface area contributed by atoms with Crippen LogP contribution in [-0.4, -0.2) is 78.0 Å². The maximum Gasteiger partial charge on any atom is 0.500 e. The fourth-order valence-electron chi connectivity index (χ4n) is 2.82. The highest BCUT2D eigenvalue weighted by molar-refractivity contribution is 6.61. The van der Waals surface area contributed by atoms with Crippen LogP contribution >= 0.6 is 0 Å². The number of rotatable bonds is 17. The van der Waals surface area contributed by atoms with Crippen molar-refractivity contribution in [2.24, 2.45) is 5.73 Å². The summed E-state index contributed by atoms with van der Waals surface area (Å²) in [7, 11) is 0.262. The Hall–Kier alpha value is 0.114. The Morgan fingerprint density at radius 1 is 0.786 bits per heavy atom. The second kappa shape index (κ2) is 16.9. The first-order valence-electron chi connectivity index (χ1n) is 10.4.